The van der Waals surface area contributed by atoms with Gasteiger partial charge in [0, 0.05) is 11.8 Å². The number of carbonyl (C=O) groups is 1. The van der Waals surface area contributed by atoms with Gasteiger partial charge >= 0.3 is 5.97 Å². The first-order chi connectivity index (χ1) is 8.50. The molecular weight excluding hydrogens is 257 g/mol. The summed E-state index contributed by atoms with van der Waals surface area (Å²) in [5.74, 6) is -1.46. The quantitative estimate of drug-likeness (QED) is 0.923. The normalized spacial score (nSPS) is 12.4. The van der Waals surface area contributed by atoms with Crippen LogP contribution < -0.4 is 0 Å². The van der Waals surface area contributed by atoms with Gasteiger partial charge in [0.15, 0.2) is 0 Å². The van der Waals surface area contributed by atoms with E-state index in [0.29, 0.717) is 10.6 Å². The van der Waals surface area contributed by atoms with Crippen LogP contribution in [0.15, 0.2) is 36.5 Å². The first-order valence-electron chi connectivity index (χ1n) is 5.36. The summed E-state index contributed by atoms with van der Waals surface area (Å²) < 4.78 is 15.1. The summed E-state index contributed by atoms with van der Waals surface area (Å²) in [6.45, 7) is 1.72. The second kappa shape index (κ2) is 4.82. The fourth-order valence-electron chi connectivity index (χ4n) is 1.90. The monoisotopic (exact) mass is 267 g/mol. The molecule has 0 aliphatic rings. The van der Waals surface area contributed by atoms with Crippen LogP contribution in [0, 0.1) is 5.82 Å². The van der Waals surface area contributed by atoms with E-state index in [1.54, 1.807) is 25.1 Å². The Hall–Kier alpha value is -1.81. The van der Waals surface area contributed by atoms with Crippen molar-refractivity contribution >= 4 is 17.6 Å². The molecule has 2 rings (SSSR count). The molecule has 0 fully saturated rings. The Morgan fingerprint density at radius 3 is 2.72 bits per heavy atom. The number of halogens is 2. The molecule has 0 bridgehead atoms. The molecule has 1 unspecified atom stereocenters. The van der Waals surface area contributed by atoms with Crippen LogP contribution in [0.25, 0.3) is 0 Å². The highest BCUT2D eigenvalue weighted by Crippen LogP contribution is 2.25. The fraction of sp³-hybridized carbons (Fsp3) is 0.154. The number of hydrogen-bond acceptors (Lipinski definition) is 1. The molecule has 1 heterocycles. The van der Waals surface area contributed by atoms with Gasteiger partial charge in [-0.2, -0.15) is 0 Å². The average Bonchev–Trinajstić information content (AvgIpc) is 2.71. The lowest BCUT2D eigenvalue weighted by Gasteiger charge is -2.16. The molecule has 0 aliphatic heterocycles. The zero-order valence-electron chi connectivity index (χ0n) is 9.60. The largest absolute Gasteiger partial charge is 0.477 e. The van der Waals surface area contributed by atoms with Crippen molar-refractivity contribution in [2.75, 3.05) is 0 Å². The van der Waals surface area contributed by atoms with Gasteiger partial charge in [-0.1, -0.05) is 29.8 Å². The molecule has 0 saturated carbocycles. The first kappa shape index (κ1) is 12.6. The topological polar surface area (TPSA) is 42.2 Å². The van der Waals surface area contributed by atoms with Gasteiger partial charge in [-0.05, 0) is 19.1 Å². The van der Waals surface area contributed by atoms with Gasteiger partial charge in [-0.15, -0.1) is 0 Å². The number of aromatic carboxylic acids is 1. The molecule has 5 heteroatoms. The van der Waals surface area contributed by atoms with E-state index in [-0.39, 0.29) is 11.5 Å². The van der Waals surface area contributed by atoms with E-state index in [9.17, 15) is 9.18 Å². The Morgan fingerprint density at radius 2 is 2.11 bits per heavy atom. The zero-order valence-corrected chi connectivity index (χ0v) is 10.4. The van der Waals surface area contributed by atoms with E-state index in [2.05, 4.69) is 0 Å². The summed E-state index contributed by atoms with van der Waals surface area (Å²) in [5, 5.41) is 9.39. The predicted molar refractivity (Wildman–Crippen MR) is 66.6 cm³/mol. The molecule has 0 radical (unpaired) electrons. The standard InChI is InChI=1S/C13H11ClFNO2/c1-8(10-4-2-3-5-11(10)15)16-7-9(14)6-12(16)13(17)18/h2-8H,1H3,(H,17,18). The molecule has 0 amide bonds. The summed E-state index contributed by atoms with van der Waals surface area (Å²) in [6.07, 6.45) is 1.49. The molecule has 2 aromatic rings. The highest BCUT2D eigenvalue weighted by atomic mass is 35.5. The summed E-state index contributed by atoms with van der Waals surface area (Å²) >= 11 is 5.80. The second-order valence-corrected chi connectivity index (χ2v) is 4.39. The Kier molecular flexibility index (Phi) is 3.39. The number of benzene rings is 1. The van der Waals surface area contributed by atoms with Crippen molar-refractivity contribution in [1.29, 1.82) is 0 Å². The fourth-order valence-corrected chi connectivity index (χ4v) is 2.11. The third-order valence-electron chi connectivity index (χ3n) is 2.81. The third-order valence-corrected chi connectivity index (χ3v) is 3.01. The van der Waals surface area contributed by atoms with Gasteiger partial charge in [-0.25, -0.2) is 9.18 Å². The van der Waals surface area contributed by atoms with E-state index in [4.69, 9.17) is 16.7 Å². The maximum atomic E-state index is 13.7. The number of hydrogen-bond donors (Lipinski definition) is 1. The van der Waals surface area contributed by atoms with Gasteiger partial charge in [0.1, 0.15) is 11.5 Å². The number of aromatic nitrogens is 1. The molecule has 1 N–H and O–H groups in total. The Labute approximate surface area is 108 Å². The Morgan fingerprint density at radius 1 is 1.44 bits per heavy atom. The first-order valence-corrected chi connectivity index (χ1v) is 5.73. The highest BCUT2D eigenvalue weighted by molar-refractivity contribution is 6.30. The molecular formula is C13H11ClFNO2. The third kappa shape index (κ3) is 2.24. The molecule has 18 heavy (non-hydrogen) atoms. The molecule has 0 saturated heterocycles. The van der Waals surface area contributed by atoms with Crippen molar-refractivity contribution in [3.05, 3.63) is 58.6 Å². The molecule has 94 valence electrons. The minimum absolute atomic E-state index is 0.0377. The van der Waals surface area contributed by atoms with Crippen molar-refractivity contribution in [1.82, 2.24) is 4.57 Å². The van der Waals surface area contributed by atoms with E-state index in [0.717, 1.165) is 0 Å². The van der Waals surface area contributed by atoms with Crippen LogP contribution in [0.1, 0.15) is 29.0 Å². The van der Waals surface area contributed by atoms with E-state index in [1.165, 1.54) is 22.9 Å². The molecule has 0 spiro atoms. The van der Waals surface area contributed by atoms with Crippen LogP contribution >= 0.6 is 11.6 Å². The van der Waals surface area contributed by atoms with Crippen LogP contribution in [0.3, 0.4) is 0 Å². The van der Waals surface area contributed by atoms with Gasteiger partial charge in [0.25, 0.3) is 0 Å². The maximum absolute atomic E-state index is 13.7. The second-order valence-electron chi connectivity index (χ2n) is 3.95. The summed E-state index contributed by atoms with van der Waals surface area (Å²) in [7, 11) is 0. The van der Waals surface area contributed by atoms with Crippen molar-refractivity contribution in [2.45, 2.75) is 13.0 Å². The predicted octanol–water partition coefficient (Wildman–Crippen LogP) is 3.59. The molecule has 1 aromatic heterocycles. The van der Waals surface area contributed by atoms with Gasteiger partial charge in [-0.3, -0.25) is 0 Å². The van der Waals surface area contributed by atoms with Crippen LogP contribution in [0.4, 0.5) is 4.39 Å². The lowest BCUT2D eigenvalue weighted by molar-refractivity contribution is 0.0684. The van der Waals surface area contributed by atoms with Gasteiger partial charge < -0.3 is 9.67 Å². The van der Waals surface area contributed by atoms with Gasteiger partial charge in [0.05, 0.1) is 11.1 Å². The molecule has 1 aromatic carbocycles. The van der Waals surface area contributed by atoms with E-state index >= 15 is 0 Å². The molecule has 1 atom stereocenters. The van der Waals surface area contributed by atoms with Crippen LogP contribution in [0.5, 0.6) is 0 Å². The molecule has 3 nitrogen and oxygen atoms in total. The Balaban J connectivity index is 2.49. The van der Waals surface area contributed by atoms with Gasteiger partial charge in [0.2, 0.25) is 0 Å². The number of carboxylic acid groups (broad SMARTS) is 1. The lowest BCUT2D eigenvalue weighted by Crippen LogP contribution is -2.13. The van der Waals surface area contributed by atoms with Crippen LogP contribution in [-0.2, 0) is 0 Å². The van der Waals surface area contributed by atoms with Crippen molar-refractivity contribution < 1.29 is 14.3 Å². The highest BCUT2D eigenvalue weighted by Gasteiger charge is 2.19. The van der Waals surface area contributed by atoms with E-state index in [1.807, 2.05) is 0 Å². The summed E-state index contributed by atoms with van der Waals surface area (Å²) in [4.78, 5) is 11.1. The summed E-state index contributed by atoms with van der Waals surface area (Å²) in [6, 6.07) is 7.18. The average molecular weight is 268 g/mol. The number of nitrogens with zero attached hydrogens (tertiary/aromatic N) is 1. The zero-order chi connectivity index (χ0) is 13.3. The minimum atomic E-state index is -1.09. The van der Waals surface area contributed by atoms with Crippen LogP contribution in [0.2, 0.25) is 5.02 Å². The smallest absolute Gasteiger partial charge is 0.352 e. The van der Waals surface area contributed by atoms with Crippen molar-refractivity contribution in [3.63, 3.8) is 0 Å². The number of carboxylic acids is 1. The lowest BCUT2D eigenvalue weighted by atomic mass is 10.1. The minimum Gasteiger partial charge on any atom is -0.477 e. The van der Waals surface area contributed by atoms with Crippen molar-refractivity contribution in [2.24, 2.45) is 0 Å². The SMILES string of the molecule is CC(c1ccccc1F)n1cc(Cl)cc1C(=O)O. The Bertz CT molecular complexity index is 594. The van der Waals surface area contributed by atoms with Crippen LogP contribution in [-0.4, -0.2) is 15.6 Å². The molecule has 0 aliphatic carbocycles. The number of rotatable bonds is 3. The maximum Gasteiger partial charge on any atom is 0.352 e. The summed E-state index contributed by atoms with van der Waals surface area (Å²) in [5.41, 5.74) is 0.461. The van der Waals surface area contributed by atoms with E-state index < -0.39 is 12.0 Å². The van der Waals surface area contributed by atoms with Crippen molar-refractivity contribution in [3.8, 4) is 0 Å².